The highest BCUT2D eigenvalue weighted by molar-refractivity contribution is 6.31. The van der Waals surface area contributed by atoms with E-state index in [1.54, 1.807) is 38.5 Å². The first-order valence-corrected chi connectivity index (χ1v) is 9.27. The van der Waals surface area contributed by atoms with Gasteiger partial charge in [-0.05, 0) is 48.4 Å². The van der Waals surface area contributed by atoms with Crippen molar-refractivity contribution >= 4 is 23.7 Å². The van der Waals surface area contributed by atoms with E-state index in [2.05, 4.69) is 10.5 Å². The monoisotopic (exact) mass is 412 g/mol. The van der Waals surface area contributed by atoms with Crippen LogP contribution in [0.2, 0.25) is 5.02 Å². The first-order chi connectivity index (χ1) is 14.0. The number of rotatable bonds is 7. The number of hydrogen-bond donors (Lipinski definition) is 1. The largest absolute Gasteiger partial charge is 0.493 e. The van der Waals surface area contributed by atoms with Crippen molar-refractivity contribution in [2.24, 2.45) is 5.10 Å². The van der Waals surface area contributed by atoms with Crippen LogP contribution in [0.5, 0.6) is 11.5 Å². The molecule has 0 aliphatic carbocycles. The smallest absolute Gasteiger partial charge is 0.244 e. The highest BCUT2D eigenvalue weighted by Crippen LogP contribution is 2.28. The van der Waals surface area contributed by atoms with E-state index in [1.807, 2.05) is 31.2 Å². The van der Waals surface area contributed by atoms with Crippen LogP contribution in [0.3, 0.4) is 0 Å². The van der Waals surface area contributed by atoms with Gasteiger partial charge in [0.25, 0.3) is 0 Å². The zero-order chi connectivity index (χ0) is 20.8. The van der Waals surface area contributed by atoms with E-state index in [9.17, 15) is 4.79 Å². The van der Waals surface area contributed by atoms with Crippen molar-refractivity contribution in [1.82, 2.24) is 5.43 Å². The highest BCUT2D eigenvalue weighted by atomic mass is 35.5. The van der Waals surface area contributed by atoms with Crippen molar-refractivity contribution in [3.8, 4) is 22.8 Å². The molecule has 0 fully saturated rings. The summed E-state index contributed by atoms with van der Waals surface area (Å²) < 4.78 is 16.2. The fraction of sp³-hybridized carbons (Fsp3) is 0.182. The maximum absolute atomic E-state index is 12.1. The molecule has 3 aromatic rings. The van der Waals surface area contributed by atoms with Crippen molar-refractivity contribution in [3.05, 3.63) is 70.4 Å². The number of methoxy groups -OCH3 is 2. The van der Waals surface area contributed by atoms with Crippen LogP contribution in [0.15, 0.2) is 58.0 Å². The third-order valence-corrected chi connectivity index (χ3v) is 4.68. The molecule has 0 saturated heterocycles. The van der Waals surface area contributed by atoms with Crippen molar-refractivity contribution in [2.45, 2.75) is 13.3 Å². The Balaban J connectivity index is 1.59. The fourth-order valence-electron chi connectivity index (χ4n) is 2.71. The quantitative estimate of drug-likeness (QED) is 0.454. The number of aryl methyl sites for hydroxylation is 1. The second-order valence-corrected chi connectivity index (χ2v) is 6.73. The first-order valence-electron chi connectivity index (χ1n) is 8.89. The van der Waals surface area contributed by atoms with Gasteiger partial charge in [-0.15, -0.1) is 0 Å². The van der Waals surface area contributed by atoms with E-state index in [0.717, 1.165) is 16.7 Å². The summed E-state index contributed by atoms with van der Waals surface area (Å²) in [4.78, 5) is 12.1. The lowest BCUT2D eigenvalue weighted by Crippen LogP contribution is -2.19. The Kier molecular flexibility index (Phi) is 6.57. The number of amides is 1. The van der Waals surface area contributed by atoms with Crippen LogP contribution in [0.4, 0.5) is 0 Å². The molecule has 6 nitrogen and oxygen atoms in total. The van der Waals surface area contributed by atoms with Gasteiger partial charge in [0.2, 0.25) is 5.91 Å². The third-order valence-electron chi connectivity index (χ3n) is 4.28. The fourth-order valence-corrected chi connectivity index (χ4v) is 2.89. The predicted molar refractivity (Wildman–Crippen MR) is 113 cm³/mol. The summed E-state index contributed by atoms with van der Waals surface area (Å²) in [5.74, 6) is 2.11. The molecule has 150 valence electrons. The summed E-state index contributed by atoms with van der Waals surface area (Å²) in [5.41, 5.74) is 5.15. The van der Waals surface area contributed by atoms with E-state index in [0.29, 0.717) is 28.0 Å². The van der Waals surface area contributed by atoms with Crippen LogP contribution in [-0.2, 0) is 11.2 Å². The molecule has 1 heterocycles. The van der Waals surface area contributed by atoms with Crippen molar-refractivity contribution in [3.63, 3.8) is 0 Å². The highest BCUT2D eigenvalue weighted by Gasteiger charge is 2.08. The number of halogens is 1. The lowest BCUT2D eigenvalue weighted by atomic mass is 10.1. The summed E-state index contributed by atoms with van der Waals surface area (Å²) in [5, 5.41) is 4.63. The lowest BCUT2D eigenvalue weighted by Gasteiger charge is -2.09. The second kappa shape index (κ2) is 9.30. The minimum Gasteiger partial charge on any atom is -0.493 e. The molecule has 0 aliphatic rings. The minimum atomic E-state index is -0.259. The number of carbonyl (C=O) groups is 1. The Hall–Kier alpha value is -3.25. The molecule has 7 heteroatoms. The maximum Gasteiger partial charge on any atom is 0.244 e. The summed E-state index contributed by atoms with van der Waals surface area (Å²) in [6.45, 7) is 1.94. The topological polar surface area (TPSA) is 73.1 Å². The number of hydrazone groups is 1. The Morgan fingerprint density at radius 1 is 1.10 bits per heavy atom. The molecule has 3 rings (SSSR count). The number of hydrogen-bond acceptors (Lipinski definition) is 5. The minimum absolute atomic E-state index is 0.156. The first kappa shape index (κ1) is 20.5. The average molecular weight is 413 g/mol. The maximum atomic E-state index is 12.1. The van der Waals surface area contributed by atoms with Gasteiger partial charge in [0.05, 0.1) is 26.9 Å². The van der Waals surface area contributed by atoms with E-state index < -0.39 is 0 Å². The SMILES string of the molecule is COc1ccc(CC(=O)NN=Cc2ccc(-c3ccc(C)c(Cl)c3)o2)cc1OC. The molecule has 29 heavy (non-hydrogen) atoms. The summed E-state index contributed by atoms with van der Waals surface area (Å²) >= 11 is 6.16. The molecule has 0 spiro atoms. The zero-order valence-corrected chi connectivity index (χ0v) is 17.1. The van der Waals surface area contributed by atoms with Crippen LogP contribution < -0.4 is 14.9 Å². The Morgan fingerprint density at radius 3 is 2.62 bits per heavy atom. The molecule has 0 bridgehead atoms. The van der Waals surface area contributed by atoms with Gasteiger partial charge < -0.3 is 13.9 Å². The van der Waals surface area contributed by atoms with Crippen LogP contribution in [0.25, 0.3) is 11.3 Å². The van der Waals surface area contributed by atoms with Crippen molar-refractivity contribution < 1.29 is 18.7 Å². The summed E-state index contributed by atoms with van der Waals surface area (Å²) in [6, 6.07) is 14.6. The summed E-state index contributed by atoms with van der Waals surface area (Å²) in [7, 11) is 3.11. The normalized spacial score (nSPS) is 10.9. The van der Waals surface area contributed by atoms with Gasteiger partial charge in [-0.2, -0.15) is 5.10 Å². The Morgan fingerprint density at radius 2 is 1.90 bits per heavy atom. The molecule has 0 saturated carbocycles. The van der Waals surface area contributed by atoms with Gasteiger partial charge in [-0.3, -0.25) is 4.79 Å². The van der Waals surface area contributed by atoms with E-state index >= 15 is 0 Å². The number of nitrogens with one attached hydrogen (secondary N) is 1. The van der Waals surface area contributed by atoms with Crippen LogP contribution in [-0.4, -0.2) is 26.3 Å². The predicted octanol–water partition coefficient (Wildman–Crippen LogP) is 4.62. The zero-order valence-electron chi connectivity index (χ0n) is 16.4. The average Bonchev–Trinajstić information content (AvgIpc) is 3.18. The molecule has 0 radical (unpaired) electrons. The van der Waals surface area contributed by atoms with E-state index in [1.165, 1.54) is 6.21 Å². The number of benzene rings is 2. The number of furan rings is 1. The molecule has 0 unspecified atom stereocenters. The molecular formula is C22H21ClN2O4. The van der Waals surface area contributed by atoms with Crippen LogP contribution in [0, 0.1) is 6.92 Å². The van der Waals surface area contributed by atoms with Crippen LogP contribution >= 0.6 is 11.6 Å². The second-order valence-electron chi connectivity index (χ2n) is 6.33. The number of nitrogens with zero attached hydrogens (tertiary/aromatic N) is 1. The standard InChI is InChI=1S/C22H21ClN2O4/c1-14-4-6-16(12-18(14)23)19-9-7-17(29-19)13-24-25-22(26)11-15-5-8-20(27-2)21(10-15)28-3/h4-10,12-13H,11H2,1-3H3,(H,25,26). The molecule has 1 amide bonds. The Bertz CT molecular complexity index is 1040. The Labute approximate surface area is 174 Å². The molecule has 0 atom stereocenters. The van der Waals surface area contributed by atoms with Gasteiger partial charge in [0.1, 0.15) is 11.5 Å². The van der Waals surface area contributed by atoms with Crippen molar-refractivity contribution in [2.75, 3.05) is 14.2 Å². The van der Waals surface area contributed by atoms with E-state index in [4.69, 9.17) is 25.5 Å². The molecular weight excluding hydrogens is 392 g/mol. The van der Waals surface area contributed by atoms with Gasteiger partial charge >= 0.3 is 0 Å². The van der Waals surface area contributed by atoms with Crippen molar-refractivity contribution in [1.29, 1.82) is 0 Å². The lowest BCUT2D eigenvalue weighted by molar-refractivity contribution is -0.120. The third kappa shape index (κ3) is 5.18. The van der Waals surface area contributed by atoms with E-state index in [-0.39, 0.29) is 12.3 Å². The van der Waals surface area contributed by atoms with Gasteiger partial charge in [0, 0.05) is 10.6 Å². The number of carbonyl (C=O) groups excluding carboxylic acids is 1. The molecule has 1 aromatic heterocycles. The van der Waals surface area contributed by atoms with Gasteiger partial charge in [-0.1, -0.05) is 29.8 Å². The molecule has 2 aromatic carbocycles. The van der Waals surface area contributed by atoms with Crippen LogP contribution in [0.1, 0.15) is 16.9 Å². The van der Waals surface area contributed by atoms with Gasteiger partial charge in [0.15, 0.2) is 11.5 Å². The molecule has 0 aliphatic heterocycles. The molecule has 1 N–H and O–H groups in total. The number of ether oxygens (including phenoxy) is 2. The van der Waals surface area contributed by atoms with Gasteiger partial charge in [-0.25, -0.2) is 5.43 Å². The summed E-state index contributed by atoms with van der Waals surface area (Å²) in [6.07, 6.45) is 1.61.